The van der Waals surface area contributed by atoms with Crippen LogP contribution in [-0.4, -0.2) is 33.1 Å². The van der Waals surface area contributed by atoms with E-state index in [1.54, 1.807) is 6.07 Å². The molecule has 30 heavy (non-hydrogen) atoms. The Bertz CT molecular complexity index is 999. The predicted molar refractivity (Wildman–Crippen MR) is 125 cm³/mol. The molecule has 6 nitrogen and oxygen atoms in total. The maximum atomic E-state index is 11.9. The van der Waals surface area contributed by atoms with Crippen molar-refractivity contribution < 1.29 is 18.3 Å². The van der Waals surface area contributed by atoms with Crippen LogP contribution in [0.25, 0.3) is 10.4 Å². The van der Waals surface area contributed by atoms with Crippen molar-refractivity contribution in [2.24, 2.45) is 0 Å². The van der Waals surface area contributed by atoms with E-state index in [0.717, 1.165) is 27.5 Å². The van der Waals surface area contributed by atoms with Gasteiger partial charge in [-0.2, -0.15) is 4.72 Å². The van der Waals surface area contributed by atoms with Crippen molar-refractivity contribution >= 4 is 33.0 Å². The summed E-state index contributed by atoms with van der Waals surface area (Å²) in [5, 5.41) is 11.5. The number of thiophene rings is 1. The second-order valence-corrected chi connectivity index (χ2v) is 8.90. The fraction of sp³-hybridized carbons (Fsp3) is 0.227. The lowest BCUT2D eigenvalue weighted by Gasteiger charge is -2.02. The van der Waals surface area contributed by atoms with Crippen molar-refractivity contribution in [3.63, 3.8) is 0 Å². The molecule has 0 aliphatic carbocycles. The number of hydrogen-bond acceptors (Lipinski definition) is 5. The maximum absolute atomic E-state index is 11.9. The molecule has 8 heteroatoms. The second-order valence-electron chi connectivity index (χ2n) is 5.82. The first-order chi connectivity index (χ1) is 14.3. The average molecular weight is 449 g/mol. The summed E-state index contributed by atoms with van der Waals surface area (Å²) >= 11 is 1.09. The third kappa shape index (κ3) is 8.36. The van der Waals surface area contributed by atoms with Crippen molar-refractivity contribution in [3.8, 4) is 10.4 Å². The van der Waals surface area contributed by atoms with Gasteiger partial charge >= 0.3 is 5.97 Å². The predicted octanol–water partition coefficient (Wildman–Crippen LogP) is 4.84. The number of rotatable bonds is 6. The third-order valence-electron chi connectivity index (χ3n) is 3.66. The van der Waals surface area contributed by atoms with Gasteiger partial charge in [-0.3, -0.25) is 4.79 Å². The zero-order valence-electron chi connectivity index (χ0n) is 17.5. The molecule has 0 radical (unpaired) electrons. The lowest BCUT2D eigenvalue weighted by atomic mass is 10.2. The number of carbonyl (C=O) groups is 1. The van der Waals surface area contributed by atoms with E-state index in [0.29, 0.717) is 0 Å². The molecule has 2 aromatic carbocycles. The Hall–Kier alpha value is -2.68. The normalized spacial score (nSPS) is 10.1. The van der Waals surface area contributed by atoms with Crippen molar-refractivity contribution in [2.45, 2.75) is 25.0 Å². The first-order valence-corrected chi connectivity index (χ1v) is 11.7. The molecule has 0 bridgehead atoms. The van der Waals surface area contributed by atoms with Gasteiger partial charge in [-0.1, -0.05) is 61.9 Å². The molecule has 0 saturated heterocycles. The summed E-state index contributed by atoms with van der Waals surface area (Å²) in [6.07, 6.45) is 0. The smallest absolute Gasteiger partial charge is 0.318 e. The van der Waals surface area contributed by atoms with Crippen molar-refractivity contribution in [3.05, 3.63) is 72.3 Å². The summed E-state index contributed by atoms with van der Waals surface area (Å²) in [7, 11) is -1.96. The molecule has 1 heterocycles. The molecular weight excluding hydrogens is 420 g/mol. The van der Waals surface area contributed by atoms with Gasteiger partial charge in [0.25, 0.3) is 10.0 Å². The molecule has 3 N–H and O–H groups in total. The molecule has 3 rings (SSSR count). The first kappa shape index (κ1) is 25.4. The van der Waals surface area contributed by atoms with Gasteiger partial charge in [0.2, 0.25) is 0 Å². The van der Waals surface area contributed by atoms with Crippen LogP contribution in [0.15, 0.2) is 70.9 Å². The van der Waals surface area contributed by atoms with E-state index in [2.05, 4.69) is 24.4 Å². The zero-order chi connectivity index (χ0) is 22.6. The summed E-state index contributed by atoms with van der Waals surface area (Å²) in [4.78, 5) is 11.2. The summed E-state index contributed by atoms with van der Waals surface area (Å²) in [6, 6.07) is 21.0. The molecule has 1 aromatic heterocycles. The number of nitrogens with one attached hydrogen (secondary N) is 2. The topological polar surface area (TPSA) is 95.5 Å². The van der Waals surface area contributed by atoms with Gasteiger partial charge in [0.05, 0.1) is 0 Å². The highest BCUT2D eigenvalue weighted by Gasteiger charge is 2.18. The maximum Gasteiger partial charge on any atom is 0.318 e. The lowest BCUT2D eigenvalue weighted by molar-refractivity contribution is -0.135. The molecule has 3 aromatic rings. The minimum Gasteiger partial charge on any atom is -0.480 e. The Morgan fingerprint density at radius 2 is 1.57 bits per heavy atom. The van der Waals surface area contributed by atoms with Gasteiger partial charge in [0, 0.05) is 17.6 Å². The molecule has 0 aliphatic heterocycles. The number of anilines is 1. The van der Waals surface area contributed by atoms with Crippen LogP contribution in [0.2, 0.25) is 0 Å². The van der Waals surface area contributed by atoms with Crippen molar-refractivity contribution in [1.82, 2.24) is 4.72 Å². The van der Waals surface area contributed by atoms with E-state index in [1.165, 1.54) is 11.6 Å². The van der Waals surface area contributed by atoms with E-state index in [-0.39, 0.29) is 4.21 Å². The quantitative estimate of drug-likeness (QED) is 0.501. The van der Waals surface area contributed by atoms with E-state index in [1.807, 2.05) is 68.1 Å². The van der Waals surface area contributed by atoms with E-state index >= 15 is 0 Å². The fourth-order valence-electron chi connectivity index (χ4n) is 2.18. The van der Waals surface area contributed by atoms with Gasteiger partial charge in [-0.15, -0.1) is 11.3 Å². The van der Waals surface area contributed by atoms with Crippen LogP contribution in [0.1, 0.15) is 19.4 Å². The Balaban J connectivity index is 0.000000418. The minimum atomic E-state index is -3.78. The highest BCUT2D eigenvalue weighted by atomic mass is 32.2. The lowest BCUT2D eigenvalue weighted by Crippen LogP contribution is -2.28. The molecule has 162 valence electrons. The molecule has 0 fully saturated rings. The number of aliphatic carboxylic acids is 1. The van der Waals surface area contributed by atoms with Gasteiger partial charge < -0.3 is 10.4 Å². The molecule has 0 saturated carbocycles. The standard InChI is InChI=1S/C13H14N2O4S2.C7H8.C2H6/c1-14-10-4-2-9(3-5-10)11-6-7-13(20-11)21(18,19)15-8-12(16)17;1-7-5-3-2-4-6-7;1-2/h2-7,14-15H,8H2,1H3,(H,16,17);2-6H,1H3;1-2H3. The number of carboxylic acids is 1. The Morgan fingerprint density at radius 1 is 0.967 bits per heavy atom. The number of aryl methyl sites for hydroxylation is 1. The minimum absolute atomic E-state index is 0.0939. The van der Waals surface area contributed by atoms with E-state index in [9.17, 15) is 13.2 Å². The molecule has 0 unspecified atom stereocenters. The molecule has 0 atom stereocenters. The molecule has 0 amide bonds. The van der Waals surface area contributed by atoms with Gasteiger partial charge in [-0.25, -0.2) is 8.42 Å². The Kier molecular flexibility index (Phi) is 10.8. The second kappa shape index (κ2) is 12.8. The van der Waals surface area contributed by atoms with Gasteiger partial charge in [0.15, 0.2) is 0 Å². The molecule has 0 spiro atoms. The van der Waals surface area contributed by atoms with Crippen LogP contribution in [-0.2, 0) is 14.8 Å². The summed E-state index contributed by atoms with van der Waals surface area (Å²) < 4.78 is 25.9. The fourth-order valence-corrected chi connectivity index (χ4v) is 4.51. The number of sulfonamides is 1. The zero-order valence-corrected chi connectivity index (χ0v) is 19.2. The van der Waals surface area contributed by atoms with Crippen LogP contribution in [0.3, 0.4) is 0 Å². The van der Waals surface area contributed by atoms with Crippen molar-refractivity contribution in [2.75, 3.05) is 18.9 Å². The average Bonchev–Trinajstić information content (AvgIpc) is 3.26. The largest absolute Gasteiger partial charge is 0.480 e. The van der Waals surface area contributed by atoms with Gasteiger partial charge in [-0.05, 0) is 36.8 Å². The Labute approximate surface area is 182 Å². The monoisotopic (exact) mass is 448 g/mol. The summed E-state index contributed by atoms with van der Waals surface area (Å²) in [6.45, 7) is 5.45. The highest BCUT2D eigenvalue weighted by molar-refractivity contribution is 7.91. The number of benzene rings is 2. The van der Waals surface area contributed by atoms with Crippen LogP contribution < -0.4 is 10.0 Å². The van der Waals surface area contributed by atoms with Gasteiger partial charge in [0.1, 0.15) is 10.8 Å². The SMILES string of the molecule is CC.CNc1ccc(-c2ccc(S(=O)(=O)NCC(=O)O)s2)cc1.Cc1ccccc1. The number of carboxylic acid groups (broad SMARTS) is 1. The molecule has 0 aliphatic rings. The van der Waals surface area contributed by atoms with Crippen molar-refractivity contribution in [1.29, 1.82) is 0 Å². The summed E-state index contributed by atoms with van der Waals surface area (Å²) in [5.41, 5.74) is 3.19. The Morgan fingerprint density at radius 3 is 2.03 bits per heavy atom. The van der Waals surface area contributed by atoms with E-state index in [4.69, 9.17) is 5.11 Å². The van der Waals surface area contributed by atoms with Crippen LogP contribution >= 0.6 is 11.3 Å². The first-order valence-electron chi connectivity index (χ1n) is 9.43. The number of hydrogen-bond donors (Lipinski definition) is 3. The van der Waals surface area contributed by atoms with Crippen LogP contribution in [0.5, 0.6) is 0 Å². The van der Waals surface area contributed by atoms with Crippen LogP contribution in [0, 0.1) is 6.92 Å². The van der Waals surface area contributed by atoms with Crippen LogP contribution in [0.4, 0.5) is 5.69 Å². The summed E-state index contributed by atoms with van der Waals surface area (Å²) in [5.74, 6) is -1.22. The molecular formula is C22H28N2O4S2. The third-order valence-corrected chi connectivity index (χ3v) is 6.69. The highest BCUT2D eigenvalue weighted by Crippen LogP contribution is 2.31. The van der Waals surface area contributed by atoms with E-state index < -0.39 is 22.5 Å².